The molecule has 1 N–H and O–H groups in total. The average molecular weight is 272 g/mol. The van der Waals surface area contributed by atoms with Gasteiger partial charge in [0.1, 0.15) is 0 Å². The normalized spacial score (nSPS) is 11.3. The molecule has 0 aliphatic carbocycles. The summed E-state index contributed by atoms with van der Waals surface area (Å²) >= 11 is 0. The number of hydrogen-bond donors (Lipinski definition) is 1. The molecular weight excluding hydrogens is 244 g/mol. The smallest absolute Gasteiger partial charge is 0.0483 e. The fraction of sp³-hybridized carbons (Fsp3) is 0.556. The Morgan fingerprint density at radius 3 is 2.65 bits per heavy atom. The molecule has 0 atom stereocenters. The third-order valence-corrected chi connectivity index (χ3v) is 3.86. The molecular formula is C18H28N2. The lowest BCUT2D eigenvalue weighted by Gasteiger charge is -2.03. The summed E-state index contributed by atoms with van der Waals surface area (Å²) in [4.78, 5) is 0. The maximum atomic E-state index is 3.59. The molecule has 0 spiro atoms. The van der Waals surface area contributed by atoms with Gasteiger partial charge in [0, 0.05) is 30.2 Å². The first-order valence-corrected chi connectivity index (χ1v) is 8.14. The van der Waals surface area contributed by atoms with Crippen molar-refractivity contribution in [3.05, 3.63) is 36.0 Å². The van der Waals surface area contributed by atoms with Crippen molar-refractivity contribution in [3.8, 4) is 0 Å². The lowest BCUT2D eigenvalue weighted by Crippen LogP contribution is -2.14. The predicted molar refractivity (Wildman–Crippen MR) is 88.1 cm³/mol. The molecule has 2 heteroatoms. The van der Waals surface area contributed by atoms with E-state index in [1.165, 1.54) is 48.6 Å². The Balaban J connectivity index is 1.95. The van der Waals surface area contributed by atoms with Gasteiger partial charge in [-0.05, 0) is 31.0 Å². The second kappa shape index (κ2) is 8.11. The number of benzene rings is 1. The van der Waals surface area contributed by atoms with E-state index >= 15 is 0 Å². The fourth-order valence-electron chi connectivity index (χ4n) is 2.79. The van der Waals surface area contributed by atoms with E-state index in [1.807, 2.05) is 0 Å². The minimum absolute atomic E-state index is 0.989. The molecule has 0 saturated carbocycles. The molecule has 1 heterocycles. The van der Waals surface area contributed by atoms with Gasteiger partial charge in [-0.15, -0.1) is 0 Å². The molecule has 110 valence electrons. The lowest BCUT2D eigenvalue weighted by molar-refractivity contribution is 0.597. The van der Waals surface area contributed by atoms with Crippen LogP contribution >= 0.6 is 0 Å². The largest absolute Gasteiger partial charge is 0.347 e. The molecule has 2 aromatic rings. The third-order valence-electron chi connectivity index (χ3n) is 3.86. The van der Waals surface area contributed by atoms with Gasteiger partial charge in [0.15, 0.2) is 0 Å². The topological polar surface area (TPSA) is 17.0 Å². The second-order valence-electron chi connectivity index (χ2n) is 5.60. The first-order chi connectivity index (χ1) is 9.86. The highest BCUT2D eigenvalue weighted by Gasteiger charge is 2.06. The summed E-state index contributed by atoms with van der Waals surface area (Å²) in [6, 6.07) is 8.76. The molecule has 0 unspecified atom stereocenters. The lowest BCUT2D eigenvalue weighted by atomic mass is 10.1. The molecule has 2 nitrogen and oxygen atoms in total. The first-order valence-electron chi connectivity index (χ1n) is 8.14. The minimum Gasteiger partial charge on any atom is -0.347 e. The van der Waals surface area contributed by atoms with Crippen LogP contribution in [-0.4, -0.2) is 11.1 Å². The van der Waals surface area contributed by atoms with E-state index in [9.17, 15) is 0 Å². The van der Waals surface area contributed by atoms with Gasteiger partial charge in [-0.25, -0.2) is 0 Å². The van der Waals surface area contributed by atoms with Gasteiger partial charge in [0.05, 0.1) is 0 Å². The van der Waals surface area contributed by atoms with Crippen molar-refractivity contribution >= 4 is 10.9 Å². The molecule has 0 amide bonds. The van der Waals surface area contributed by atoms with Gasteiger partial charge < -0.3 is 9.88 Å². The molecule has 0 aliphatic heterocycles. The predicted octanol–water partition coefficient (Wildman–Crippen LogP) is 4.72. The van der Waals surface area contributed by atoms with Crippen LogP contribution in [0, 0.1) is 0 Å². The van der Waals surface area contributed by atoms with Crippen molar-refractivity contribution in [2.45, 2.75) is 59.0 Å². The van der Waals surface area contributed by atoms with Crippen LogP contribution < -0.4 is 5.32 Å². The van der Waals surface area contributed by atoms with Crippen molar-refractivity contribution in [2.75, 3.05) is 6.54 Å². The number of unbranched alkanes of at least 4 members (excludes halogenated alkanes) is 3. The zero-order valence-corrected chi connectivity index (χ0v) is 13.0. The molecule has 1 aromatic heterocycles. The number of aromatic nitrogens is 1. The quantitative estimate of drug-likeness (QED) is 0.653. The Labute approximate surface area is 123 Å². The van der Waals surface area contributed by atoms with Gasteiger partial charge in [-0.2, -0.15) is 0 Å². The van der Waals surface area contributed by atoms with Crippen LogP contribution in [0.25, 0.3) is 10.9 Å². The SMILES string of the molecule is CCCCCCNCc1cn(CCC)c2ccccc12. The molecule has 0 fully saturated rings. The van der Waals surface area contributed by atoms with Crippen molar-refractivity contribution in [3.63, 3.8) is 0 Å². The van der Waals surface area contributed by atoms with Gasteiger partial charge in [-0.1, -0.05) is 51.3 Å². The van der Waals surface area contributed by atoms with Gasteiger partial charge >= 0.3 is 0 Å². The van der Waals surface area contributed by atoms with Crippen LogP contribution in [0.2, 0.25) is 0 Å². The van der Waals surface area contributed by atoms with Crippen LogP contribution in [0.5, 0.6) is 0 Å². The van der Waals surface area contributed by atoms with E-state index in [4.69, 9.17) is 0 Å². The molecule has 2 rings (SSSR count). The van der Waals surface area contributed by atoms with E-state index in [0.29, 0.717) is 0 Å². The summed E-state index contributed by atoms with van der Waals surface area (Å²) in [5.41, 5.74) is 2.81. The Morgan fingerprint density at radius 2 is 1.85 bits per heavy atom. The molecule has 0 saturated heterocycles. The molecule has 20 heavy (non-hydrogen) atoms. The zero-order valence-electron chi connectivity index (χ0n) is 13.0. The van der Waals surface area contributed by atoms with E-state index in [2.05, 4.69) is 54.2 Å². The molecule has 0 aliphatic rings. The monoisotopic (exact) mass is 272 g/mol. The number of nitrogens with one attached hydrogen (secondary N) is 1. The van der Waals surface area contributed by atoms with E-state index in [0.717, 1.165) is 19.6 Å². The Kier molecular flexibility index (Phi) is 6.13. The first kappa shape index (κ1) is 15.1. The second-order valence-corrected chi connectivity index (χ2v) is 5.60. The molecule has 0 bridgehead atoms. The number of rotatable bonds is 9. The number of nitrogens with zero attached hydrogens (tertiary/aromatic N) is 1. The van der Waals surface area contributed by atoms with Crippen LogP contribution in [0.1, 0.15) is 51.5 Å². The summed E-state index contributed by atoms with van der Waals surface area (Å²) in [6.07, 6.45) is 8.82. The number of hydrogen-bond acceptors (Lipinski definition) is 1. The summed E-state index contributed by atoms with van der Waals surface area (Å²) in [5.74, 6) is 0. The maximum absolute atomic E-state index is 3.59. The summed E-state index contributed by atoms with van der Waals surface area (Å²) in [6.45, 7) is 7.73. The van der Waals surface area contributed by atoms with Crippen LogP contribution in [0.4, 0.5) is 0 Å². The van der Waals surface area contributed by atoms with E-state index in [-0.39, 0.29) is 0 Å². The third kappa shape index (κ3) is 3.86. The van der Waals surface area contributed by atoms with Gasteiger partial charge in [-0.3, -0.25) is 0 Å². The Morgan fingerprint density at radius 1 is 1.00 bits per heavy atom. The van der Waals surface area contributed by atoms with Crippen LogP contribution in [-0.2, 0) is 13.1 Å². The zero-order chi connectivity index (χ0) is 14.2. The Hall–Kier alpha value is -1.28. The highest BCUT2D eigenvalue weighted by Crippen LogP contribution is 2.21. The fourth-order valence-corrected chi connectivity index (χ4v) is 2.79. The summed E-state index contributed by atoms with van der Waals surface area (Å²) in [7, 11) is 0. The maximum Gasteiger partial charge on any atom is 0.0483 e. The van der Waals surface area contributed by atoms with Crippen molar-refractivity contribution in [2.24, 2.45) is 0 Å². The van der Waals surface area contributed by atoms with Crippen molar-refractivity contribution in [1.29, 1.82) is 0 Å². The number of fused-ring (bicyclic) bond motifs is 1. The van der Waals surface area contributed by atoms with Crippen LogP contribution in [0.3, 0.4) is 0 Å². The van der Waals surface area contributed by atoms with E-state index < -0.39 is 0 Å². The van der Waals surface area contributed by atoms with E-state index in [1.54, 1.807) is 0 Å². The summed E-state index contributed by atoms with van der Waals surface area (Å²) < 4.78 is 2.39. The highest BCUT2D eigenvalue weighted by molar-refractivity contribution is 5.83. The average Bonchev–Trinajstić information content (AvgIpc) is 2.82. The minimum atomic E-state index is 0.989. The van der Waals surface area contributed by atoms with Crippen LogP contribution in [0.15, 0.2) is 30.5 Å². The molecule has 1 aromatic carbocycles. The van der Waals surface area contributed by atoms with Gasteiger partial charge in [0.25, 0.3) is 0 Å². The number of aryl methyl sites for hydroxylation is 1. The standard InChI is InChI=1S/C18H28N2/c1-3-5-6-9-12-19-14-16-15-20(13-4-2)18-11-8-7-10-17(16)18/h7-8,10-11,15,19H,3-6,9,12-14H2,1-2H3. The number of para-hydroxylation sites is 1. The molecule has 0 radical (unpaired) electrons. The van der Waals surface area contributed by atoms with Crippen molar-refractivity contribution < 1.29 is 0 Å². The van der Waals surface area contributed by atoms with Gasteiger partial charge in [0.2, 0.25) is 0 Å². The summed E-state index contributed by atoms with van der Waals surface area (Å²) in [5, 5.41) is 5.00. The Bertz CT molecular complexity index is 513. The van der Waals surface area contributed by atoms with Crippen molar-refractivity contribution in [1.82, 2.24) is 9.88 Å². The highest BCUT2D eigenvalue weighted by atomic mass is 15.0.